The van der Waals surface area contributed by atoms with Crippen LogP contribution in [-0.4, -0.2) is 11.2 Å². The summed E-state index contributed by atoms with van der Waals surface area (Å²) in [6, 6.07) is 3.30. The Kier molecular flexibility index (Phi) is 3.12. The Morgan fingerprint density at radius 1 is 1.27 bits per heavy atom. The van der Waals surface area contributed by atoms with Crippen molar-refractivity contribution in [2.45, 2.75) is 26.1 Å². The first kappa shape index (κ1) is 11.7. The molecule has 0 amide bonds. The maximum Gasteiger partial charge on any atom is 0.420 e. The highest BCUT2D eigenvalue weighted by atomic mass is 19.4. The highest BCUT2D eigenvalue weighted by Gasteiger charge is 2.35. The zero-order chi connectivity index (χ0) is 11.6. The van der Waals surface area contributed by atoms with Gasteiger partial charge in [-0.15, -0.1) is 0 Å². The molecule has 5 heteroatoms. The topological polar surface area (TPSA) is 29.5 Å². The lowest BCUT2D eigenvalue weighted by molar-refractivity contribution is -0.138. The quantitative estimate of drug-likeness (QED) is 0.829. The molecule has 0 fully saturated rings. The molecule has 1 N–H and O–H groups in total. The minimum atomic E-state index is -4.57. The first-order valence-corrected chi connectivity index (χ1v) is 4.38. The van der Waals surface area contributed by atoms with Gasteiger partial charge in [0.15, 0.2) is 11.5 Å². The van der Waals surface area contributed by atoms with Crippen LogP contribution in [0.5, 0.6) is 11.5 Å². The smallest absolute Gasteiger partial charge is 0.420 e. The number of para-hydroxylation sites is 1. The van der Waals surface area contributed by atoms with E-state index in [9.17, 15) is 18.3 Å². The van der Waals surface area contributed by atoms with Crippen LogP contribution in [0.3, 0.4) is 0 Å². The first-order valence-electron chi connectivity index (χ1n) is 4.38. The number of hydrogen-bond donors (Lipinski definition) is 1. The van der Waals surface area contributed by atoms with Crippen molar-refractivity contribution in [1.29, 1.82) is 0 Å². The third kappa shape index (κ3) is 2.78. The number of benzene rings is 1. The normalized spacial score (nSPS) is 11.9. The number of hydrogen-bond acceptors (Lipinski definition) is 2. The van der Waals surface area contributed by atoms with Crippen molar-refractivity contribution in [3.8, 4) is 11.5 Å². The van der Waals surface area contributed by atoms with Gasteiger partial charge in [-0.25, -0.2) is 0 Å². The Hall–Kier alpha value is -1.39. The minimum Gasteiger partial charge on any atom is -0.504 e. The van der Waals surface area contributed by atoms with E-state index in [1.165, 1.54) is 12.1 Å². The SMILES string of the molecule is CC(C)Oc1cccc(C(F)(F)F)c1O. The van der Waals surface area contributed by atoms with Crippen molar-refractivity contribution in [3.05, 3.63) is 23.8 Å². The highest BCUT2D eigenvalue weighted by Crippen LogP contribution is 2.40. The molecule has 0 aliphatic carbocycles. The van der Waals surface area contributed by atoms with E-state index in [2.05, 4.69) is 0 Å². The van der Waals surface area contributed by atoms with Gasteiger partial charge in [-0.2, -0.15) is 13.2 Å². The van der Waals surface area contributed by atoms with E-state index in [1.54, 1.807) is 13.8 Å². The molecule has 1 aromatic carbocycles. The molecular formula is C10H11F3O2. The first-order chi connectivity index (χ1) is 6.82. The fraction of sp³-hybridized carbons (Fsp3) is 0.400. The number of rotatable bonds is 2. The molecule has 84 valence electrons. The molecule has 15 heavy (non-hydrogen) atoms. The molecular weight excluding hydrogens is 209 g/mol. The van der Waals surface area contributed by atoms with Crippen LogP contribution in [-0.2, 0) is 6.18 Å². The summed E-state index contributed by atoms with van der Waals surface area (Å²) in [6.07, 6.45) is -4.86. The lowest BCUT2D eigenvalue weighted by atomic mass is 10.2. The summed E-state index contributed by atoms with van der Waals surface area (Å²) in [6.45, 7) is 3.33. The zero-order valence-corrected chi connectivity index (χ0v) is 8.30. The summed E-state index contributed by atoms with van der Waals surface area (Å²) < 4.78 is 42.1. The van der Waals surface area contributed by atoms with Crippen molar-refractivity contribution < 1.29 is 23.0 Å². The standard InChI is InChI=1S/C10H11F3O2/c1-6(2)15-8-5-3-4-7(9(8)14)10(11,12)13/h3-6,14H,1-2H3. The van der Waals surface area contributed by atoms with Crippen LogP contribution in [0.25, 0.3) is 0 Å². The lowest BCUT2D eigenvalue weighted by Gasteiger charge is -2.14. The summed E-state index contributed by atoms with van der Waals surface area (Å²) >= 11 is 0. The highest BCUT2D eigenvalue weighted by molar-refractivity contribution is 5.46. The van der Waals surface area contributed by atoms with Gasteiger partial charge < -0.3 is 9.84 Å². The average Bonchev–Trinajstić information content (AvgIpc) is 2.05. The molecule has 0 bridgehead atoms. The third-order valence-corrected chi connectivity index (χ3v) is 1.67. The van der Waals surface area contributed by atoms with E-state index in [-0.39, 0.29) is 11.9 Å². The molecule has 0 aliphatic rings. The van der Waals surface area contributed by atoms with E-state index >= 15 is 0 Å². The van der Waals surface area contributed by atoms with Crippen LogP contribution in [0.1, 0.15) is 19.4 Å². The molecule has 0 radical (unpaired) electrons. The maximum absolute atomic E-state index is 12.4. The van der Waals surface area contributed by atoms with Crippen LogP contribution >= 0.6 is 0 Å². The summed E-state index contributed by atoms with van der Waals surface area (Å²) in [7, 11) is 0. The lowest BCUT2D eigenvalue weighted by Crippen LogP contribution is -2.09. The molecule has 1 rings (SSSR count). The Morgan fingerprint density at radius 2 is 1.87 bits per heavy atom. The predicted molar refractivity (Wildman–Crippen MR) is 48.9 cm³/mol. The van der Waals surface area contributed by atoms with Gasteiger partial charge in [0.25, 0.3) is 0 Å². The second-order valence-electron chi connectivity index (χ2n) is 3.32. The second-order valence-corrected chi connectivity index (χ2v) is 3.32. The van der Waals surface area contributed by atoms with E-state index in [0.717, 1.165) is 6.07 Å². The summed E-state index contributed by atoms with van der Waals surface area (Å²) in [4.78, 5) is 0. The monoisotopic (exact) mass is 220 g/mol. The van der Waals surface area contributed by atoms with Gasteiger partial charge in [0.1, 0.15) is 5.56 Å². The zero-order valence-electron chi connectivity index (χ0n) is 8.30. The molecule has 0 aromatic heterocycles. The number of halogens is 3. The van der Waals surface area contributed by atoms with Crippen molar-refractivity contribution in [1.82, 2.24) is 0 Å². The van der Waals surface area contributed by atoms with E-state index in [4.69, 9.17) is 4.74 Å². The van der Waals surface area contributed by atoms with Gasteiger partial charge in [-0.1, -0.05) is 6.07 Å². The summed E-state index contributed by atoms with van der Waals surface area (Å²) in [5.41, 5.74) is -1.08. The summed E-state index contributed by atoms with van der Waals surface area (Å²) in [5.74, 6) is -1.02. The van der Waals surface area contributed by atoms with Crippen LogP contribution in [0.2, 0.25) is 0 Å². The Labute approximate surface area is 85.3 Å². The van der Waals surface area contributed by atoms with Crippen LogP contribution < -0.4 is 4.74 Å². The van der Waals surface area contributed by atoms with Crippen molar-refractivity contribution >= 4 is 0 Å². The van der Waals surface area contributed by atoms with E-state index in [1.807, 2.05) is 0 Å². The van der Waals surface area contributed by atoms with Gasteiger partial charge in [0, 0.05) is 0 Å². The molecule has 0 aliphatic heterocycles. The van der Waals surface area contributed by atoms with Crippen molar-refractivity contribution in [3.63, 3.8) is 0 Å². The molecule has 0 spiro atoms. The van der Waals surface area contributed by atoms with Crippen LogP contribution in [0.15, 0.2) is 18.2 Å². The van der Waals surface area contributed by atoms with Gasteiger partial charge in [-0.3, -0.25) is 0 Å². The molecule has 0 unspecified atom stereocenters. The van der Waals surface area contributed by atoms with Gasteiger partial charge in [0.05, 0.1) is 6.10 Å². The van der Waals surface area contributed by atoms with E-state index < -0.39 is 17.5 Å². The fourth-order valence-electron chi connectivity index (χ4n) is 1.10. The molecule has 0 saturated heterocycles. The predicted octanol–water partition coefficient (Wildman–Crippen LogP) is 3.20. The fourth-order valence-corrected chi connectivity index (χ4v) is 1.10. The van der Waals surface area contributed by atoms with Gasteiger partial charge >= 0.3 is 6.18 Å². The number of phenols is 1. The third-order valence-electron chi connectivity index (χ3n) is 1.67. The number of alkyl halides is 3. The van der Waals surface area contributed by atoms with E-state index in [0.29, 0.717) is 0 Å². The van der Waals surface area contributed by atoms with Gasteiger partial charge in [0.2, 0.25) is 0 Å². The Bertz CT molecular complexity index is 345. The Morgan fingerprint density at radius 3 is 2.33 bits per heavy atom. The molecule has 0 atom stereocenters. The van der Waals surface area contributed by atoms with Crippen molar-refractivity contribution in [2.24, 2.45) is 0 Å². The maximum atomic E-state index is 12.4. The minimum absolute atomic E-state index is 0.153. The molecule has 0 saturated carbocycles. The van der Waals surface area contributed by atoms with Crippen molar-refractivity contribution in [2.75, 3.05) is 0 Å². The Balaban J connectivity index is 3.12. The van der Waals surface area contributed by atoms with Crippen LogP contribution in [0.4, 0.5) is 13.2 Å². The second kappa shape index (κ2) is 4.00. The number of ether oxygens (including phenoxy) is 1. The molecule has 0 heterocycles. The molecule has 2 nitrogen and oxygen atoms in total. The average molecular weight is 220 g/mol. The summed E-state index contributed by atoms with van der Waals surface area (Å²) in [5, 5.41) is 9.33. The van der Waals surface area contributed by atoms with Crippen LogP contribution in [0, 0.1) is 0 Å². The number of aromatic hydroxyl groups is 1. The number of phenolic OH excluding ortho intramolecular Hbond substituents is 1. The largest absolute Gasteiger partial charge is 0.504 e. The molecule has 1 aromatic rings. The van der Waals surface area contributed by atoms with Gasteiger partial charge in [-0.05, 0) is 26.0 Å².